The molecule has 0 aliphatic rings. The number of nitrogens with zero attached hydrogens (tertiary/aromatic N) is 1. The van der Waals surface area contributed by atoms with Gasteiger partial charge in [-0.1, -0.05) is 22.8 Å². The average molecular weight is 371 g/mol. The molecule has 2 aromatic carbocycles. The molecule has 9 heteroatoms. The lowest BCUT2D eigenvalue weighted by atomic mass is 10.1. The van der Waals surface area contributed by atoms with Gasteiger partial charge in [-0.3, -0.25) is 0 Å². The first kappa shape index (κ1) is 17.1. The minimum Gasteiger partial charge on any atom is -0.465 e. The van der Waals surface area contributed by atoms with Crippen LogP contribution in [0.2, 0.25) is 5.02 Å². The Morgan fingerprint density at radius 1 is 1.28 bits per heavy atom. The summed E-state index contributed by atoms with van der Waals surface area (Å²) >= 11 is 5.98. The van der Waals surface area contributed by atoms with Crippen LogP contribution < -0.4 is 5.32 Å². The van der Waals surface area contributed by atoms with Crippen molar-refractivity contribution in [2.75, 3.05) is 12.4 Å². The van der Waals surface area contributed by atoms with Crippen molar-refractivity contribution >= 4 is 40.0 Å². The van der Waals surface area contributed by atoms with Gasteiger partial charge < -0.3 is 14.6 Å². The van der Waals surface area contributed by atoms with Crippen molar-refractivity contribution < 1.29 is 27.2 Å². The van der Waals surface area contributed by atoms with Crippen LogP contribution in [0.4, 0.5) is 24.7 Å². The van der Waals surface area contributed by atoms with Crippen LogP contribution in [0.25, 0.3) is 11.0 Å². The fourth-order valence-corrected chi connectivity index (χ4v) is 2.50. The average Bonchev–Trinajstić information content (AvgIpc) is 2.96. The van der Waals surface area contributed by atoms with Gasteiger partial charge in [0.1, 0.15) is 5.56 Å². The van der Waals surface area contributed by atoms with Crippen LogP contribution in [-0.4, -0.2) is 18.2 Å². The number of aromatic nitrogens is 1. The second kappa shape index (κ2) is 6.29. The van der Waals surface area contributed by atoms with Gasteiger partial charge >= 0.3 is 12.1 Å². The molecule has 0 spiro atoms. The summed E-state index contributed by atoms with van der Waals surface area (Å²) in [5, 5.41) is 7.00. The first-order chi connectivity index (χ1) is 11.8. The van der Waals surface area contributed by atoms with E-state index in [4.69, 9.17) is 16.1 Å². The lowest BCUT2D eigenvalue weighted by molar-refractivity contribution is -0.137. The smallest absolute Gasteiger partial charge is 0.416 e. The molecule has 25 heavy (non-hydrogen) atoms. The highest BCUT2D eigenvalue weighted by Crippen LogP contribution is 2.34. The lowest BCUT2D eigenvalue weighted by Gasteiger charge is -2.09. The van der Waals surface area contributed by atoms with Gasteiger partial charge in [0.25, 0.3) is 0 Å². The van der Waals surface area contributed by atoms with E-state index in [1.807, 2.05) is 0 Å². The number of hydrogen-bond donors (Lipinski definition) is 1. The molecule has 3 aromatic rings. The normalized spacial score (nSPS) is 11.6. The van der Waals surface area contributed by atoms with Crippen molar-refractivity contribution in [2.45, 2.75) is 6.18 Å². The Morgan fingerprint density at radius 2 is 2.04 bits per heavy atom. The molecule has 0 atom stereocenters. The third kappa shape index (κ3) is 3.25. The maximum absolute atomic E-state index is 12.8. The van der Waals surface area contributed by atoms with Crippen LogP contribution >= 0.6 is 11.6 Å². The summed E-state index contributed by atoms with van der Waals surface area (Å²) in [6.45, 7) is 0. The molecule has 0 saturated heterocycles. The van der Waals surface area contributed by atoms with Gasteiger partial charge in [0, 0.05) is 5.69 Å². The van der Waals surface area contributed by atoms with Gasteiger partial charge in [-0.25, -0.2) is 4.79 Å². The fraction of sp³-hybridized carbons (Fsp3) is 0.125. The van der Waals surface area contributed by atoms with E-state index in [0.717, 1.165) is 12.1 Å². The molecule has 0 radical (unpaired) electrons. The number of carbonyl (C=O) groups is 1. The largest absolute Gasteiger partial charge is 0.465 e. The summed E-state index contributed by atoms with van der Waals surface area (Å²) in [7, 11) is 1.19. The van der Waals surface area contributed by atoms with Crippen LogP contribution in [0.1, 0.15) is 15.9 Å². The van der Waals surface area contributed by atoms with Crippen molar-refractivity contribution in [3.63, 3.8) is 0 Å². The van der Waals surface area contributed by atoms with Crippen LogP contribution in [0.5, 0.6) is 0 Å². The van der Waals surface area contributed by atoms with Gasteiger partial charge in [0.15, 0.2) is 11.4 Å². The molecular weight excluding hydrogens is 361 g/mol. The van der Waals surface area contributed by atoms with E-state index in [2.05, 4.69) is 15.2 Å². The molecule has 0 aliphatic heterocycles. The highest BCUT2D eigenvalue weighted by molar-refractivity contribution is 6.35. The van der Waals surface area contributed by atoms with E-state index < -0.39 is 17.7 Å². The summed E-state index contributed by atoms with van der Waals surface area (Å²) in [4.78, 5) is 11.8. The van der Waals surface area contributed by atoms with Gasteiger partial charge in [-0.15, -0.1) is 0 Å². The van der Waals surface area contributed by atoms with Crippen molar-refractivity contribution in [1.82, 2.24) is 5.16 Å². The predicted molar refractivity (Wildman–Crippen MR) is 85.1 cm³/mol. The summed E-state index contributed by atoms with van der Waals surface area (Å²) < 4.78 is 48.2. The number of hydrogen-bond acceptors (Lipinski definition) is 5. The van der Waals surface area contributed by atoms with E-state index in [1.165, 1.54) is 31.4 Å². The number of benzene rings is 2. The van der Waals surface area contributed by atoms with Crippen molar-refractivity contribution in [3.8, 4) is 0 Å². The summed E-state index contributed by atoms with van der Waals surface area (Å²) in [6.07, 6.45) is -4.46. The van der Waals surface area contributed by atoms with E-state index >= 15 is 0 Å². The summed E-state index contributed by atoms with van der Waals surface area (Å²) in [5.41, 5.74) is -0.566. The Morgan fingerprint density at radius 3 is 2.72 bits per heavy atom. The highest BCUT2D eigenvalue weighted by Gasteiger charge is 2.30. The number of rotatable bonds is 3. The van der Waals surface area contributed by atoms with E-state index in [-0.39, 0.29) is 27.7 Å². The molecule has 1 aromatic heterocycles. The number of ether oxygens (including phenoxy) is 1. The molecular formula is C16H10ClF3N2O3. The number of fused-ring (bicyclic) bond motifs is 1. The fourth-order valence-electron chi connectivity index (χ4n) is 2.27. The van der Waals surface area contributed by atoms with E-state index in [1.54, 1.807) is 0 Å². The zero-order chi connectivity index (χ0) is 18.2. The Kier molecular flexibility index (Phi) is 4.30. The number of esters is 1. The van der Waals surface area contributed by atoms with Crippen LogP contribution in [0.3, 0.4) is 0 Å². The third-order valence-corrected chi connectivity index (χ3v) is 3.75. The predicted octanol–water partition coefficient (Wildman–Crippen LogP) is 5.03. The zero-order valence-corrected chi connectivity index (χ0v) is 13.4. The highest BCUT2D eigenvalue weighted by atomic mass is 35.5. The van der Waals surface area contributed by atoms with E-state index in [0.29, 0.717) is 5.39 Å². The SMILES string of the molecule is COC(=O)c1c(Cl)ccc2c(Nc3cccc(C(F)(F)F)c3)noc12. The Balaban J connectivity index is 2.03. The Hall–Kier alpha value is -2.74. The topological polar surface area (TPSA) is 64.4 Å². The monoisotopic (exact) mass is 370 g/mol. The lowest BCUT2D eigenvalue weighted by Crippen LogP contribution is -2.05. The third-order valence-electron chi connectivity index (χ3n) is 3.43. The molecule has 0 aliphatic carbocycles. The maximum atomic E-state index is 12.8. The van der Waals surface area contributed by atoms with Crippen LogP contribution in [-0.2, 0) is 10.9 Å². The summed E-state index contributed by atoms with van der Waals surface area (Å²) in [5.74, 6) is -0.562. The van der Waals surface area contributed by atoms with Crippen LogP contribution in [0, 0.1) is 0 Å². The van der Waals surface area contributed by atoms with Crippen molar-refractivity contribution in [2.24, 2.45) is 0 Å². The number of halogens is 4. The second-order valence-electron chi connectivity index (χ2n) is 5.03. The minimum atomic E-state index is -4.46. The van der Waals surface area contributed by atoms with Gasteiger partial charge in [0.05, 0.1) is 23.1 Å². The quantitative estimate of drug-likeness (QED) is 0.655. The summed E-state index contributed by atoms with van der Waals surface area (Å²) in [6, 6.07) is 7.61. The number of anilines is 2. The molecule has 0 amide bonds. The molecule has 0 unspecified atom stereocenters. The molecule has 3 rings (SSSR count). The van der Waals surface area contributed by atoms with Crippen LogP contribution in [0.15, 0.2) is 40.9 Å². The van der Waals surface area contributed by atoms with Gasteiger partial charge in [0.2, 0.25) is 0 Å². The van der Waals surface area contributed by atoms with Crippen molar-refractivity contribution in [1.29, 1.82) is 0 Å². The maximum Gasteiger partial charge on any atom is 0.416 e. The molecule has 1 N–H and O–H groups in total. The number of alkyl halides is 3. The molecule has 0 saturated carbocycles. The molecule has 130 valence electrons. The van der Waals surface area contributed by atoms with Gasteiger partial charge in [-0.05, 0) is 30.3 Å². The first-order valence-electron chi connectivity index (χ1n) is 6.91. The van der Waals surface area contributed by atoms with Gasteiger partial charge in [-0.2, -0.15) is 13.2 Å². The molecule has 0 bridgehead atoms. The Labute approximate surface area is 144 Å². The second-order valence-corrected chi connectivity index (χ2v) is 5.43. The minimum absolute atomic E-state index is 0.00809. The standard InChI is InChI=1S/C16H10ClF3N2O3/c1-24-15(23)12-11(17)6-5-10-13(12)25-22-14(10)21-9-4-2-3-8(7-9)16(18,19)20/h2-7H,1H3,(H,21,22). The van der Waals surface area contributed by atoms with Crippen molar-refractivity contribution in [3.05, 3.63) is 52.5 Å². The number of methoxy groups -OCH3 is 1. The first-order valence-corrected chi connectivity index (χ1v) is 7.29. The van der Waals surface area contributed by atoms with E-state index in [9.17, 15) is 18.0 Å². The Bertz CT molecular complexity index is 953. The molecule has 0 fully saturated rings. The molecule has 5 nitrogen and oxygen atoms in total. The zero-order valence-electron chi connectivity index (χ0n) is 12.6. The molecule has 1 heterocycles. The number of nitrogens with one attached hydrogen (secondary N) is 1. The number of carbonyl (C=O) groups excluding carboxylic acids is 1.